The summed E-state index contributed by atoms with van der Waals surface area (Å²) in [6.45, 7) is 0. The van der Waals surface area contributed by atoms with Gasteiger partial charge >= 0.3 is 5.97 Å². The van der Waals surface area contributed by atoms with Gasteiger partial charge in [0.2, 0.25) is 10.0 Å². The van der Waals surface area contributed by atoms with Crippen LogP contribution >= 0.6 is 23.1 Å². The first-order chi connectivity index (χ1) is 8.25. The van der Waals surface area contributed by atoms with Gasteiger partial charge in [-0.2, -0.15) is 0 Å². The first kappa shape index (κ1) is 14.9. The highest BCUT2D eigenvalue weighted by molar-refractivity contribution is 8.02. The summed E-state index contributed by atoms with van der Waals surface area (Å²) in [5, 5.41) is 15.6. The fourth-order valence-electron chi connectivity index (χ4n) is 0.898. The van der Waals surface area contributed by atoms with E-state index in [9.17, 15) is 23.3 Å². The summed E-state index contributed by atoms with van der Waals surface area (Å²) in [7, 11) is -2.82. The molecule has 0 bridgehead atoms. The molecule has 2 N–H and O–H groups in total. The van der Waals surface area contributed by atoms with Gasteiger partial charge in [-0.1, -0.05) is 11.8 Å². The van der Waals surface area contributed by atoms with Crippen molar-refractivity contribution in [2.45, 2.75) is 8.42 Å². The number of nitrogens with zero attached hydrogens (tertiary/aromatic N) is 1. The Kier molecular flexibility index (Phi) is 4.67. The molecular weight excluding hydrogens is 304 g/mol. The van der Waals surface area contributed by atoms with Crippen molar-refractivity contribution in [1.29, 1.82) is 0 Å². The number of esters is 1. The number of nitrogens with two attached hydrogens (primary N) is 1. The molecule has 0 aliphatic heterocycles. The van der Waals surface area contributed by atoms with Crippen LogP contribution in [0, 0.1) is 10.1 Å². The van der Waals surface area contributed by atoms with Crippen LogP contribution in [0.2, 0.25) is 0 Å². The highest BCUT2D eigenvalue weighted by atomic mass is 32.3. The van der Waals surface area contributed by atoms with Crippen LogP contribution in [0.3, 0.4) is 0 Å². The van der Waals surface area contributed by atoms with Gasteiger partial charge in [0.25, 0.3) is 5.69 Å². The molecule has 0 amide bonds. The van der Waals surface area contributed by atoms with Crippen molar-refractivity contribution in [3.63, 3.8) is 0 Å². The molecule has 0 aliphatic rings. The van der Waals surface area contributed by atoms with E-state index in [2.05, 4.69) is 4.74 Å². The Morgan fingerprint density at radius 2 is 2.28 bits per heavy atom. The van der Waals surface area contributed by atoms with Crippen LogP contribution in [0.15, 0.2) is 14.5 Å². The Bertz CT molecular complexity index is 578. The molecule has 0 unspecified atom stereocenters. The number of primary sulfonamides is 1. The molecule has 1 heterocycles. The highest BCUT2D eigenvalue weighted by Crippen LogP contribution is 2.39. The van der Waals surface area contributed by atoms with Crippen LogP contribution in [0.1, 0.15) is 0 Å². The summed E-state index contributed by atoms with van der Waals surface area (Å²) in [5.41, 5.74) is -0.391. The second-order valence-corrected chi connectivity index (χ2v) is 6.99. The molecule has 1 aromatic heterocycles. The van der Waals surface area contributed by atoms with E-state index in [0.29, 0.717) is 11.3 Å². The Morgan fingerprint density at radius 3 is 2.72 bits per heavy atom. The van der Waals surface area contributed by atoms with Gasteiger partial charge in [0, 0.05) is 6.07 Å². The number of nitro groups is 1. The Labute approximate surface area is 110 Å². The van der Waals surface area contributed by atoms with Gasteiger partial charge in [0.15, 0.2) is 0 Å². The van der Waals surface area contributed by atoms with Gasteiger partial charge in [-0.25, -0.2) is 13.6 Å². The first-order valence-electron chi connectivity index (χ1n) is 4.26. The average molecular weight is 312 g/mol. The number of methoxy groups -OCH3 is 1. The maximum Gasteiger partial charge on any atom is 0.316 e. The molecule has 1 aromatic rings. The summed E-state index contributed by atoms with van der Waals surface area (Å²) < 4.78 is 26.3. The van der Waals surface area contributed by atoms with E-state index in [1.165, 1.54) is 7.11 Å². The molecule has 0 fully saturated rings. The second kappa shape index (κ2) is 5.65. The molecule has 18 heavy (non-hydrogen) atoms. The first-order valence-corrected chi connectivity index (χ1v) is 7.61. The van der Waals surface area contributed by atoms with Crippen LogP contribution in [0.4, 0.5) is 5.69 Å². The third-order valence-corrected chi connectivity index (χ3v) is 5.48. The predicted molar refractivity (Wildman–Crippen MR) is 65.1 cm³/mol. The standard InChI is InChI=1S/C7H8N2O6S3/c1-15-5(10)3-16-7-4(9(11)12)2-6(17-7)18(8,13)14/h2H,3H2,1H3,(H2,8,13,14). The maximum absolute atomic E-state index is 11.1. The third kappa shape index (κ3) is 3.66. The number of rotatable bonds is 5. The summed E-state index contributed by atoms with van der Waals surface area (Å²) in [4.78, 5) is 20.9. The molecule has 100 valence electrons. The zero-order valence-corrected chi connectivity index (χ0v) is 11.4. The van der Waals surface area contributed by atoms with Gasteiger partial charge in [-0.05, 0) is 0 Å². The van der Waals surface area contributed by atoms with Gasteiger partial charge in [-0.3, -0.25) is 14.9 Å². The minimum absolute atomic E-state index is 0.0921. The molecule has 0 aliphatic carbocycles. The monoisotopic (exact) mass is 312 g/mol. The van der Waals surface area contributed by atoms with Crippen molar-refractivity contribution in [2.75, 3.05) is 12.9 Å². The normalized spacial score (nSPS) is 11.2. The Morgan fingerprint density at radius 1 is 1.67 bits per heavy atom. The number of carbonyl (C=O) groups is 1. The number of thiophene rings is 1. The second-order valence-electron chi connectivity index (χ2n) is 2.91. The zero-order chi connectivity index (χ0) is 13.9. The summed E-state index contributed by atoms with van der Waals surface area (Å²) in [6.07, 6.45) is 0. The van der Waals surface area contributed by atoms with Crippen molar-refractivity contribution in [1.82, 2.24) is 0 Å². The van der Waals surface area contributed by atoms with Crippen LogP contribution < -0.4 is 5.14 Å². The molecule has 0 saturated carbocycles. The van der Waals surface area contributed by atoms with Crippen LogP contribution in [0.25, 0.3) is 0 Å². The summed E-state index contributed by atoms with van der Waals surface area (Å²) in [5.74, 6) is -0.720. The van der Waals surface area contributed by atoms with Crippen molar-refractivity contribution < 1.29 is 22.9 Å². The minimum Gasteiger partial charge on any atom is -0.468 e. The fraction of sp³-hybridized carbons (Fsp3) is 0.286. The molecule has 0 radical (unpaired) electrons. The van der Waals surface area contributed by atoms with E-state index >= 15 is 0 Å². The van der Waals surface area contributed by atoms with E-state index in [1.54, 1.807) is 0 Å². The average Bonchev–Trinajstić information content (AvgIpc) is 2.69. The van der Waals surface area contributed by atoms with Crippen molar-refractivity contribution >= 4 is 44.8 Å². The fourth-order valence-corrected chi connectivity index (χ4v) is 3.97. The predicted octanol–water partition coefficient (Wildman–Crippen LogP) is 0.569. The molecule has 0 saturated heterocycles. The molecule has 8 nitrogen and oxygen atoms in total. The SMILES string of the molecule is COC(=O)CSc1sc(S(N)(=O)=O)cc1[N+](=O)[O-]. The zero-order valence-electron chi connectivity index (χ0n) is 8.98. The van der Waals surface area contributed by atoms with E-state index in [4.69, 9.17) is 5.14 Å². The number of hydrogen-bond donors (Lipinski definition) is 1. The number of thioether (sulfide) groups is 1. The summed E-state index contributed by atoms with van der Waals surface area (Å²) in [6, 6.07) is 0.875. The van der Waals surface area contributed by atoms with Gasteiger partial charge < -0.3 is 4.74 Å². The van der Waals surface area contributed by atoms with Crippen LogP contribution in [0.5, 0.6) is 0 Å². The quantitative estimate of drug-likeness (QED) is 0.364. The maximum atomic E-state index is 11.1. The molecule has 0 atom stereocenters. The van der Waals surface area contributed by atoms with Crippen molar-refractivity contribution in [3.8, 4) is 0 Å². The van der Waals surface area contributed by atoms with Crippen LogP contribution in [-0.4, -0.2) is 32.2 Å². The molecule has 0 aromatic carbocycles. The third-order valence-electron chi connectivity index (χ3n) is 1.68. The lowest BCUT2D eigenvalue weighted by molar-refractivity contribution is -0.387. The smallest absolute Gasteiger partial charge is 0.316 e. The topological polar surface area (TPSA) is 130 Å². The molecule has 11 heteroatoms. The number of hydrogen-bond acceptors (Lipinski definition) is 8. The van der Waals surface area contributed by atoms with E-state index in [1.807, 2.05) is 0 Å². The highest BCUT2D eigenvalue weighted by Gasteiger charge is 2.24. The summed E-state index contributed by atoms with van der Waals surface area (Å²) >= 11 is 1.48. The largest absolute Gasteiger partial charge is 0.468 e. The molecule has 0 spiro atoms. The lowest BCUT2D eigenvalue weighted by atomic mass is 10.6. The number of carbonyl (C=O) groups excluding carboxylic acids is 1. The van der Waals surface area contributed by atoms with Gasteiger partial charge in [-0.15, -0.1) is 11.3 Å². The van der Waals surface area contributed by atoms with Crippen LogP contribution in [-0.2, 0) is 19.6 Å². The molecule has 1 rings (SSSR count). The van der Waals surface area contributed by atoms with Crippen molar-refractivity contribution in [2.24, 2.45) is 5.14 Å². The Hall–Kier alpha value is -1.17. The lowest BCUT2D eigenvalue weighted by Gasteiger charge is -1.96. The van der Waals surface area contributed by atoms with E-state index in [-0.39, 0.29) is 14.2 Å². The lowest BCUT2D eigenvalue weighted by Crippen LogP contribution is -2.09. The number of sulfonamides is 1. The van der Waals surface area contributed by atoms with Gasteiger partial charge in [0.05, 0.1) is 17.8 Å². The Balaban J connectivity index is 3.06. The van der Waals surface area contributed by atoms with E-state index < -0.39 is 26.6 Å². The van der Waals surface area contributed by atoms with Crippen molar-refractivity contribution in [3.05, 3.63) is 16.2 Å². The minimum atomic E-state index is -4.00. The van der Waals surface area contributed by atoms with Gasteiger partial charge in [0.1, 0.15) is 8.42 Å². The molecular formula is C7H8N2O6S3. The number of ether oxygens (including phenoxy) is 1. The van der Waals surface area contributed by atoms with E-state index in [0.717, 1.165) is 17.8 Å².